The molecule has 3 aromatic rings. The molecule has 0 fully saturated rings. The number of pyridine rings is 1. The van der Waals surface area contributed by atoms with Gasteiger partial charge in [-0.05, 0) is 51.6 Å². The minimum absolute atomic E-state index is 0.258. The molecule has 0 radical (unpaired) electrons. The molecule has 3 rings (SSSR count). The highest BCUT2D eigenvalue weighted by Crippen LogP contribution is 2.27. The van der Waals surface area contributed by atoms with Gasteiger partial charge in [0.2, 0.25) is 0 Å². The molecule has 0 saturated heterocycles. The number of rotatable bonds is 2. The van der Waals surface area contributed by atoms with E-state index in [1.807, 2.05) is 0 Å². The number of hydrogen-bond acceptors (Lipinski definition) is 3. The van der Waals surface area contributed by atoms with Crippen molar-refractivity contribution in [1.82, 2.24) is 4.98 Å². The molecule has 100 valence electrons. The van der Waals surface area contributed by atoms with Crippen molar-refractivity contribution in [2.75, 3.05) is 5.32 Å². The Balaban J connectivity index is 1.91. The molecule has 0 aliphatic carbocycles. The van der Waals surface area contributed by atoms with Crippen molar-refractivity contribution in [1.29, 1.82) is 0 Å². The molecular formula is C14H8BrFN2OS. The average molecular weight is 351 g/mol. The number of aromatic nitrogens is 1. The van der Waals surface area contributed by atoms with Crippen molar-refractivity contribution in [3.8, 4) is 0 Å². The smallest absolute Gasteiger partial charge is 0.266 e. The second kappa shape index (κ2) is 5.30. The lowest BCUT2D eigenvalue weighted by Gasteiger charge is -2.03. The predicted octanol–water partition coefficient (Wildman–Crippen LogP) is 4.45. The summed E-state index contributed by atoms with van der Waals surface area (Å²) >= 11 is 4.57. The van der Waals surface area contributed by atoms with Gasteiger partial charge in [0.25, 0.3) is 5.91 Å². The highest BCUT2D eigenvalue weighted by atomic mass is 79.9. The lowest BCUT2D eigenvalue weighted by molar-refractivity contribution is 0.103. The fourth-order valence-electron chi connectivity index (χ4n) is 1.76. The molecule has 2 heterocycles. The molecule has 0 spiro atoms. The number of nitrogens with one attached hydrogen (secondary N) is 1. The van der Waals surface area contributed by atoms with Gasteiger partial charge >= 0.3 is 0 Å². The van der Waals surface area contributed by atoms with Crippen LogP contribution in [-0.4, -0.2) is 10.9 Å². The van der Waals surface area contributed by atoms with Gasteiger partial charge in [0.15, 0.2) is 0 Å². The summed E-state index contributed by atoms with van der Waals surface area (Å²) in [6, 6.07) is 9.77. The number of carbonyl (C=O) groups excluding carboxylic acids is 1. The van der Waals surface area contributed by atoms with Gasteiger partial charge in [0, 0.05) is 10.9 Å². The summed E-state index contributed by atoms with van der Waals surface area (Å²) in [6.45, 7) is 0. The summed E-state index contributed by atoms with van der Waals surface area (Å²) in [5.74, 6) is -0.106. The number of carbonyl (C=O) groups is 1. The monoisotopic (exact) mass is 350 g/mol. The predicted molar refractivity (Wildman–Crippen MR) is 81.7 cm³/mol. The van der Waals surface area contributed by atoms with E-state index in [9.17, 15) is 9.18 Å². The van der Waals surface area contributed by atoms with Crippen LogP contribution in [0.5, 0.6) is 0 Å². The van der Waals surface area contributed by atoms with E-state index in [2.05, 4.69) is 26.2 Å². The second-order valence-electron chi connectivity index (χ2n) is 4.08. The van der Waals surface area contributed by atoms with E-state index in [4.69, 9.17) is 0 Å². The highest BCUT2D eigenvalue weighted by molar-refractivity contribution is 9.10. The van der Waals surface area contributed by atoms with Crippen LogP contribution >= 0.6 is 27.3 Å². The first kappa shape index (κ1) is 13.2. The molecule has 1 aromatic carbocycles. The zero-order chi connectivity index (χ0) is 14.1. The number of amides is 1. The summed E-state index contributed by atoms with van der Waals surface area (Å²) in [5.41, 5.74) is 0. The Labute approximate surface area is 126 Å². The SMILES string of the molecule is O=C(Nc1ncccc1Br)c1cc2ccc(F)cc2s1. The van der Waals surface area contributed by atoms with Gasteiger partial charge in [-0.15, -0.1) is 11.3 Å². The zero-order valence-corrected chi connectivity index (χ0v) is 12.5. The number of thiophene rings is 1. The maximum absolute atomic E-state index is 13.1. The number of benzene rings is 1. The Morgan fingerprint density at radius 2 is 2.15 bits per heavy atom. The van der Waals surface area contributed by atoms with E-state index in [0.29, 0.717) is 15.2 Å². The third-order valence-corrected chi connectivity index (χ3v) is 4.43. The van der Waals surface area contributed by atoms with Crippen LogP contribution in [0.4, 0.5) is 10.2 Å². The normalized spacial score (nSPS) is 10.7. The summed E-state index contributed by atoms with van der Waals surface area (Å²) in [5, 5.41) is 3.57. The maximum Gasteiger partial charge on any atom is 0.266 e. The van der Waals surface area contributed by atoms with Crippen molar-refractivity contribution in [2.24, 2.45) is 0 Å². The van der Waals surface area contributed by atoms with Gasteiger partial charge in [0.1, 0.15) is 11.6 Å². The minimum atomic E-state index is -0.307. The molecule has 0 aliphatic heterocycles. The van der Waals surface area contributed by atoms with E-state index < -0.39 is 0 Å². The van der Waals surface area contributed by atoms with E-state index >= 15 is 0 Å². The van der Waals surface area contributed by atoms with Crippen LogP contribution in [0.25, 0.3) is 10.1 Å². The number of fused-ring (bicyclic) bond motifs is 1. The van der Waals surface area contributed by atoms with Crippen molar-refractivity contribution in [3.05, 3.63) is 57.8 Å². The Hall–Kier alpha value is -1.79. The molecule has 0 bridgehead atoms. The van der Waals surface area contributed by atoms with Crippen molar-refractivity contribution >= 4 is 49.1 Å². The summed E-state index contributed by atoms with van der Waals surface area (Å²) in [7, 11) is 0. The van der Waals surface area contributed by atoms with Gasteiger partial charge < -0.3 is 5.32 Å². The Morgan fingerprint density at radius 3 is 2.95 bits per heavy atom. The van der Waals surface area contributed by atoms with Crippen LogP contribution < -0.4 is 5.32 Å². The van der Waals surface area contributed by atoms with Crippen molar-refractivity contribution in [2.45, 2.75) is 0 Å². The molecule has 2 aromatic heterocycles. The first-order chi connectivity index (χ1) is 9.63. The van der Waals surface area contributed by atoms with Crippen LogP contribution in [0, 0.1) is 5.82 Å². The van der Waals surface area contributed by atoms with E-state index in [1.54, 1.807) is 30.5 Å². The van der Waals surface area contributed by atoms with Crippen LogP contribution in [0.2, 0.25) is 0 Å². The number of halogens is 2. The Bertz CT molecular complexity index is 803. The van der Waals surface area contributed by atoms with Gasteiger partial charge in [-0.1, -0.05) is 6.07 Å². The summed E-state index contributed by atoms with van der Waals surface area (Å²) < 4.78 is 14.6. The molecule has 6 heteroatoms. The van der Waals surface area contributed by atoms with Gasteiger partial charge in [-0.2, -0.15) is 0 Å². The zero-order valence-electron chi connectivity index (χ0n) is 10.1. The van der Waals surface area contributed by atoms with Crippen LogP contribution in [0.1, 0.15) is 9.67 Å². The summed E-state index contributed by atoms with van der Waals surface area (Å²) in [6.07, 6.45) is 1.60. The first-order valence-corrected chi connectivity index (χ1v) is 7.35. The molecule has 0 saturated carbocycles. The molecule has 0 atom stereocenters. The van der Waals surface area contributed by atoms with Gasteiger partial charge in [0.05, 0.1) is 9.35 Å². The van der Waals surface area contributed by atoms with Crippen molar-refractivity contribution < 1.29 is 9.18 Å². The molecule has 1 amide bonds. The van der Waals surface area contributed by atoms with Crippen molar-refractivity contribution in [3.63, 3.8) is 0 Å². The Morgan fingerprint density at radius 1 is 1.30 bits per heavy atom. The maximum atomic E-state index is 13.1. The van der Waals surface area contributed by atoms with Crippen LogP contribution in [-0.2, 0) is 0 Å². The lowest BCUT2D eigenvalue weighted by atomic mass is 10.2. The average Bonchev–Trinajstić information content (AvgIpc) is 2.84. The molecule has 0 unspecified atom stereocenters. The fourth-order valence-corrected chi connectivity index (χ4v) is 3.10. The van der Waals surface area contributed by atoms with Gasteiger partial charge in [-0.25, -0.2) is 9.37 Å². The standard InChI is InChI=1S/C14H8BrFN2OS/c15-10-2-1-5-17-13(10)18-14(19)12-6-8-3-4-9(16)7-11(8)20-12/h1-7H,(H,17,18,19). The molecular weight excluding hydrogens is 343 g/mol. The highest BCUT2D eigenvalue weighted by Gasteiger charge is 2.12. The molecule has 0 aliphatic rings. The first-order valence-electron chi connectivity index (χ1n) is 5.74. The molecule has 20 heavy (non-hydrogen) atoms. The third kappa shape index (κ3) is 2.57. The second-order valence-corrected chi connectivity index (χ2v) is 6.02. The fraction of sp³-hybridized carbons (Fsp3) is 0. The number of nitrogens with zero attached hydrogens (tertiary/aromatic N) is 1. The van der Waals surface area contributed by atoms with Crippen LogP contribution in [0.15, 0.2) is 47.1 Å². The third-order valence-electron chi connectivity index (χ3n) is 2.70. The lowest BCUT2D eigenvalue weighted by Crippen LogP contribution is -2.11. The minimum Gasteiger partial charge on any atom is -0.305 e. The van der Waals surface area contributed by atoms with E-state index in [1.165, 1.54) is 23.5 Å². The topological polar surface area (TPSA) is 42.0 Å². The Kier molecular flexibility index (Phi) is 3.50. The van der Waals surface area contributed by atoms with Gasteiger partial charge in [-0.3, -0.25) is 4.79 Å². The number of hydrogen-bond donors (Lipinski definition) is 1. The largest absolute Gasteiger partial charge is 0.305 e. The quantitative estimate of drug-likeness (QED) is 0.741. The molecule has 3 nitrogen and oxygen atoms in total. The number of anilines is 1. The molecule has 1 N–H and O–H groups in total. The summed E-state index contributed by atoms with van der Waals surface area (Å²) in [4.78, 5) is 16.8. The van der Waals surface area contributed by atoms with E-state index in [-0.39, 0.29) is 11.7 Å². The van der Waals surface area contributed by atoms with Crippen LogP contribution in [0.3, 0.4) is 0 Å². The van der Waals surface area contributed by atoms with E-state index in [0.717, 1.165) is 10.1 Å².